The molecular formula is C27H24F2N6OS. The fourth-order valence-corrected chi connectivity index (χ4v) is 6.88. The average molecular weight is 519 g/mol. The first-order valence-corrected chi connectivity index (χ1v) is 12.8. The first kappa shape index (κ1) is 24.9. The van der Waals surface area contributed by atoms with E-state index in [0.717, 1.165) is 12.8 Å². The lowest BCUT2D eigenvalue weighted by atomic mass is 9.84. The maximum absolute atomic E-state index is 15.2. The Labute approximate surface area is 217 Å². The van der Waals surface area contributed by atoms with Crippen LogP contribution in [0.4, 0.5) is 8.78 Å². The van der Waals surface area contributed by atoms with Crippen LogP contribution >= 0.6 is 11.8 Å². The molecule has 2 fully saturated rings. The number of amides is 1. The third-order valence-electron chi connectivity index (χ3n) is 7.44. The molecule has 4 atom stereocenters. The molecule has 5 rings (SSSR count). The number of nitrogens with two attached hydrogens (primary N) is 1. The summed E-state index contributed by atoms with van der Waals surface area (Å²) in [5.74, 6) is -1.73. The average Bonchev–Trinajstić information content (AvgIpc) is 3.66. The summed E-state index contributed by atoms with van der Waals surface area (Å²) in [6.07, 6.45) is 4.53. The molecule has 1 amide bonds. The molecule has 0 spiro atoms. The van der Waals surface area contributed by atoms with Crippen LogP contribution in [0.2, 0.25) is 0 Å². The van der Waals surface area contributed by atoms with Crippen molar-refractivity contribution in [1.82, 2.24) is 9.88 Å². The largest absolute Gasteiger partial charge is 0.378 e. The number of fused-ring (bicyclic) bond motifs is 1. The molecule has 2 aliphatic heterocycles. The number of hydrogen-bond donors (Lipinski definition) is 1. The number of aliphatic imine (C=N–C) groups is 1. The smallest absolute Gasteiger partial charge is 0.239 e. The monoisotopic (exact) mass is 518 g/mol. The number of hydrogen-bond acceptors (Lipinski definition) is 7. The number of rotatable bonds is 4. The molecule has 2 N–H and O–H groups in total. The Kier molecular flexibility index (Phi) is 6.25. The number of carbonyl (C=O) groups is 1. The summed E-state index contributed by atoms with van der Waals surface area (Å²) in [4.78, 5) is 23.9. The van der Waals surface area contributed by atoms with Gasteiger partial charge >= 0.3 is 0 Å². The van der Waals surface area contributed by atoms with Gasteiger partial charge in [-0.15, -0.1) is 0 Å². The maximum Gasteiger partial charge on any atom is 0.239 e. The zero-order valence-corrected chi connectivity index (χ0v) is 20.9. The standard InChI is InChI=1S/C27H24F2N6OS/c1-26(19-9-16(4-6-20(19)28)10-21(29)22-7-5-17(12-30)14-33-22)23-11-27(23,37-25(32)34-26)24(36)35-8-2-3-18(13-31)15-35/h4-7,9-10,14,18,23H,2-3,8,11,15H2,1H3,(H2,32,34)/t18?,23-,26+,27-/m0/s1. The molecule has 37 heavy (non-hydrogen) atoms. The molecule has 3 aliphatic rings. The summed E-state index contributed by atoms with van der Waals surface area (Å²) in [6.45, 7) is 2.73. The van der Waals surface area contributed by atoms with Gasteiger partial charge < -0.3 is 10.6 Å². The molecule has 3 heterocycles. The second-order valence-corrected chi connectivity index (χ2v) is 11.2. The molecule has 10 heteroatoms. The summed E-state index contributed by atoms with van der Waals surface area (Å²) in [5, 5.41) is 18.5. The van der Waals surface area contributed by atoms with Gasteiger partial charge in [0, 0.05) is 30.8 Å². The van der Waals surface area contributed by atoms with Gasteiger partial charge in [-0.25, -0.2) is 8.78 Å². The van der Waals surface area contributed by atoms with Crippen LogP contribution in [-0.2, 0) is 10.3 Å². The number of halogens is 2. The third kappa shape index (κ3) is 4.36. The molecule has 1 aromatic carbocycles. The van der Waals surface area contributed by atoms with Gasteiger partial charge in [-0.3, -0.25) is 14.8 Å². The quantitative estimate of drug-likeness (QED) is 0.642. The highest BCUT2D eigenvalue weighted by atomic mass is 32.2. The van der Waals surface area contributed by atoms with Gasteiger partial charge in [-0.1, -0.05) is 17.8 Å². The molecule has 1 saturated carbocycles. The van der Waals surface area contributed by atoms with Crippen LogP contribution in [0.3, 0.4) is 0 Å². The van der Waals surface area contributed by atoms with Crippen LogP contribution in [0.25, 0.3) is 11.9 Å². The Morgan fingerprint density at radius 2 is 2.14 bits per heavy atom. The van der Waals surface area contributed by atoms with Gasteiger partial charge in [0.25, 0.3) is 0 Å². The van der Waals surface area contributed by atoms with Crippen molar-refractivity contribution in [1.29, 1.82) is 10.5 Å². The second kappa shape index (κ2) is 9.28. The van der Waals surface area contributed by atoms with Crippen LogP contribution in [0, 0.1) is 40.3 Å². The topological polar surface area (TPSA) is 119 Å². The molecule has 1 saturated heterocycles. The van der Waals surface area contributed by atoms with E-state index >= 15 is 4.39 Å². The van der Waals surface area contributed by atoms with E-state index in [2.05, 4.69) is 16.0 Å². The summed E-state index contributed by atoms with van der Waals surface area (Å²) in [5.41, 5.74) is 6.09. The van der Waals surface area contributed by atoms with Gasteiger partial charge in [0.1, 0.15) is 22.5 Å². The van der Waals surface area contributed by atoms with E-state index in [0.29, 0.717) is 30.6 Å². The predicted molar refractivity (Wildman–Crippen MR) is 137 cm³/mol. The van der Waals surface area contributed by atoms with E-state index in [1.54, 1.807) is 11.8 Å². The molecule has 2 aromatic rings. The third-order valence-corrected chi connectivity index (χ3v) is 8.73. The normalized spacial score (nSPS) is 28.9. The Bertz CT molecular complexity index is 1410. The highest BCUT2D eigenvalue weighted by molar-refractivity contribution is 8.15. The Morgan fingerprint density at radius 1 is 1.32 bits per heavy atom. The summed E-state index contributed by atoms with van der Waals surface area (Å²) in [7, 11) is 0. The number of aromatic nitrogens is 1. The molecule has 0 radical (unpaired) electrons. The maximum atomic E-state index is 15.2. The SMILES string of the molecule is C[C@]1(c2cc(C=C(F)c3ccc(C#N)cn3)ccc2F)N=C(N)S[C@@]2(C(=O)N3CCCC(C#N)C3)C[C@H]21. The minimum Gasteiger partial charge on any atom is -0.378 e. The van der Waals surface area contributed by atoms with Crippen LogP contribution in [-0.4, -0.2) is 38.8 Å². The number of carbonyl (C=O) groups excluding carboxylic acids is 1. The number of thioether (sulfide) groups is 1. The van der Waals surface area contributed by atoms with Gasteiger partial charge in [0.15, 0.2) is 5.17 Å². The van der Waals surface area contributed by atoms with E-state index in [1.165, 1.54) is 54.4 Å². The van der Waals surface area contributed by atoms with Gasteiger partial charge in [0.2, 0.25) is 5.91 Å². The number of amidine groups is 1. The van der Waals surface area contributed by atoms with Gasteiger partial charge in [-0.2, -0.15) is 10.5 Å². The molecular weight excluding hydrogens is 494 g/mol. The predicted octanol–water partition coefficient (Wildman–Crippen LogP) is 4.36. The summed E-state index contributed by atoms with van der Waals surface area (Å²) in [6, 6.07) is 11.3. The van der Waals surface area contributed by atoms with Crippen molar-refractivity contribution in [2.45, 2.75) is 36.5 Å². The van der Waals surface area contributed by atoms with Crippen molar-refractivity contribution in [3.8, 4) is 12.1 Å². The fourth-order valence-electron chi connectivity index (χ4n) is 5.43. The van der Waals surface area contributed by atoms with E-state index in [1.807, 2.05) is 6.07 Å². The van der Waals surface area contributed by atoms with Crippen LogP contribution in [0.5, 0.6) is 0 Å². The van der Waals surface area contributed by atoms with Crippen molar-refractivity contribution < 1.29 is 13.6 Å². The number of nitrogens with zero attached hydrogens (tertiary/aromatic N) is 5. The summed E-state index contributed by atoms with van der Waals surface area (Å²) < 4.78 is 29.3. The highest BCUT2D eigenvalue weighted by Gasteiger charge is 2.71. The molecule has 0 bridgehead atoms. The Morgan fingerprint density at radius 3 is 2.84 bits per heavy atom. The minimum absolute atomic E-state index is 0.0522. The van der Waals surface area contributed by atoms with Crippen LogP contribution < -0.4 is 5.73 Å². The second-order valence-electron chi connectivity index (χ2n) is 9.84. The van der Waals surface area contributed by atoms with E-state index in [-0.39, 0.29) is 34.2 Å². The first-order valence-electron chi connectivity index (χ1n) is 12.0. The molecule has 1 aliphatic carbocycles. The molecule has 1 unspecified atom stereocenters. The highest BCUT2D eigenvalue weighted by Crippen LogP contribution is 2.66. The summed E-state index contributed by atoms with van der Waals surface area (Å²) >= 11 is 1.22. The molecule has 188 valence electrons. The fraction of sp³-hybridized carbons (Fsp3) is 0.370. The zero-order chi connectivity index (χ0) is 26.4. The molecule has 7 nitrogen and oxygen atoms in total. The van der Waals surface area contributed by atoms with E-state index in [9.17, 15) is 14.4 Å². The lowest BCUT2D eigenvalue weighted by Gasteiger charge is -2.37. The van der Waals surface area contributed by atoms with Crippen molar-refractivity contribution in [3.05, 3.63) is 64.7 Å². The Hall–Kier alpha value is -3.76. The van der Waals surface area contributed by atoms with Gasteiger partial charge in [-0.05, 0) is 62.1 Å². The van der Waals surface area contributed by atoms with E-state index < -0.39 is 21.9 Å². The number of benzene rings is 1. The zero-order valence-electron chi connectivity index (χ0n) is 20.1. The van der Waals surface area contributed by atoms with Crippen LogP contribution in [0.1, 0.15) is 48.6 Å². The lowest BCUT2D eigenvalue weighted by molar-refractivity contribution is -0.133. The Balaban J connectivity index is 1.46. The molecule has 1 aromatic heterocycles. The number of pyridine rings is 1. The van der Waals surface area contributed by atoms with Gasteiger partial charge in [0.05, 0.1) is 28.8 Å². The first-order chi connectivity index (χ1) is 17.7. The lowest BCUT2D eigenvalue weighted by Crippen LogP contribution is -2.49. The minimum atomic E-state index is -1.12. The van der Waals surface area contributed by atoms with Crippen molar-refractivity contribution in [2.24, 2.45) is 22.6 Å². The van der Waals surface area contributed by atoms with E-state index in [4.69, 9.17) is 11.0 Å². The van der Waals surface area contributed by atoms with Crippen LogP contribution in [0.15, 0.2) is 41.5 Å². The van der Waals surface area contributed by atoms with Crippen molar-refractivity contribution in [2.75, 3.05) is 13.1 Å². The number of likely N-dealkylation sites (tertiary alicyclic amines) is 1. The van der Waals surface area contributed by atoms with Crippen molar-refractivity contribution >= 4 is 34.7 Å². The number of nitriles is 2. The van der Waals surface area contributed by atoms with Crippen molar-refractivity contribution in [3.63, 3.8) is 0 Å². The number of piperidine rings is 1.